The van der Waals surface area contributed by atoms with Crippen LogP contribution in [0.15, 0.2) is 48.5 Å². The van der Waals surface area contributed by atoms with E-state index in [9.17, 15) is 14.7 Å². The average Bonchev–Trinajstić information content (AvgIpc) is 2.64. The van der Waals surface area contributed by atoms with Gasteiger partial charge in [0.1, 0.15) is 11.8 Å². The van der Waals surface area contributed by atoms with Gasteiger partial charge in [-0.3, -0.25) is 4.79 Å². The Bertz CT molecular complexity index is 787. The number of carboxylic acid groups (broad SMARTS) is 1. The molecule has 5 heteroatoms. The molecule has 0 saturated carbocycles. The molecule has 25 heavy (non-hydrogen) atoms. The number of benzene rings is 2. The number of hydrogen-bond donors (Lipinski definition) is 1. The van der Waals surface area contributed by atoms with Crippen LogP contribution in [0.25, 0.3) is 0 Å². The predicted molar refractivity (Wildman–Crippen MR) is 93.7 cm³/mol. The molecule has 1 aliphatic rings. The Labute approximate surface area is 146 Å². The van der Waals surface area contributed by atoms with Crippen LogP contribution >= 0.6 is 0 Å². The fraction of sp³-hybridized carbons (Fsp3) is 0.300. The maximum atomic E-state index is 13.0. The number of aliphatic carboxylic acids is 1. The van der Waals surface area contributed by atoms with Crippen molar-refractivity contribution in [3.05, 3.63) is 65.2 Å². The van der Waals surface area contributed by atoms with Crippen LogP contribution in [0.3, 0.4) is 0 Å². The summed E-state index contributed by atoms with van der Waals surface area (Å²) in [4.78, 5) is 26.1. The fourth-order valence-electron chi connectivity index (χ4n) is 3.06. The Hall–Kier alpha value is -2.82. The molecular formula is C20H21NO4. The van der Waals surface area contributed by atoms with Gasteiger partial charge in [0.2, 0.25) is 0 Å². The highest BCUT2D eigenvalue weighted by molar-refractivity contribution is 5.97. The first-order valence-corrected chi connectivity index (χ1v) is 8.43. The quantitative estimate of drug-likeness (QED) is 0.909. The van der Waals surface area contributed by atoms with E-state index in [0.717, 1.165) is 17.5 Å². The van der Waals surface area contributed by atoms with Gasteiger partial charge in [0.05, 0.1) is 6.61 Å². The van der Waals surface area contributed by atoms with Gasteiger partial charge in [0, 0.05) is 18.5 Å². The van der Waals surface area contributed by atoms with Crippen molar-refractivity contribution >= 4 is 11.9 Å². The monoisotopic (exact) mass is 339 g/mol. The number of nitrogens with zero attached hydrogens (tertiary/aromatic N) is 1. The van der Waals surface area contributed by atoms with Crippen molar-refractivity contribution < 1.29 is 19.4 Å². The zero-order chi connectivity index (χ0) is 17.8. The summed E-state index contributed by atoms with van der Waals surface area (Å²) < 4.78 is 5.58. The Kier molecular flexibility index (Phi) is 5.03. The lowest BCUT2D eigenvalue weighted by atomic mass is 9.93. The van der Waals surface area contributed by atoms with E-state index < -0.39 is 12.0 Å². The first-order chi connectivity index (χ1) is 12.1. The normalized spacial score (nSPS) is 16.2. The number of amides is 1. The molecule has 0 bridgehead atoms. The van der Waals surface area contributed by atoms with Crippen LogP contribution in [0.4, 0.5) is 0 Å². The third-order valence-corrected chi connectivity index (χ3v) is 4.35. The summed E-state index contributed by atoms with van der Waals surface area (Å²) >= 11 is 0. The standard InChI is InChI=1S/C20H21NO4/c1-2-10-25-17-9-5-8-15(11-17)19(22)21-13-16-7-4-3-6-14(16)12-18(21)20(23)24/h3-9,11,18H,2,10,12-13H2,1H3,(H,23,24). The third kappa shape index (κ3) is 3.65. The molecule has 1 unspecified atom stereocenters. The summed E-state index contributed by atoms with van der Waals surface area (Å²) in [6.07, 6.45) is 1.20. The first kappa shape index (κ1) is 17.0. The highest BCUT2D eigenvalue weighted by Crippen LogP contribution is 2.26. The van der Waals surface area contributed by atoms with Crippen molar-refractivity contribution in [2.75, 3.05) is 6.61 Å². The van der Waals surface area contributed by atoms with Crippen molar-refractivity contribution in [2.45, 2.75) is 32.4 Å². The van der Waals surface area contributed by atoms with Gasteiger partial charge in [-0.15, -0.1) is 0 Å². The Morgan fingerprint density at radius 3 is 2.64 bits per heavy atom. The molecule has 0 aromatic heterocycles. The zero-order valence-corrected chi connectivity index (χ0v) is 14.1. The molecule has 1 atom stereocenters. The molecule has 5 nitrogen and oxygen atoms in total. The summed E-state index contributed by atoms with van der Waals surface area (Å²) in [6, 6.07) is 13.7. The van der Waals surface area contributed by atoms with Gasteiger partial charge in [-0.1, -0.05) is 37.3 Å². The lowest BCUT2D eigenvalue weighted by molar-refractivity contribution is -0.142. The average molecular weight is 339 g/mol. The molecule has 0 radical (unpaired) electrons. The molecule has 1 N–H and O–H groups in total. The first-order valence-electron chi connectivity index (χ1n) is 8.43. The zero-order valence-electron chi connectivity index (χ0n) is 14.1. The summed E-state index contributed by atoms with van der Waals surface area (Å²) in [7, 11) is 0. The number of carbonyl (C=O) groups is 2. The predicted octanol–water partition coefficient (Wildman–Crippen LogP) is 3.13. The molecule has 2 aromatic carbocycles. The maximum Gasteiger partial charge on any atom is 0.326 e. The highest BCUT2D eigenvalue weighted by Gasteiger charge is 2.34. The van der Waals surface area contributed by atoms with Crippen LogP contribution in [0.2, 0.25) is 0 Å². The summed E-state index contributed by atoms with van der Waals surface area (Å²) in [5.74, 6) is -0.651. The van der Waals surface area contributed by atoms with E-state index in [4.69, 9.17) is 4.74 Å². The number of ether oxygens (including phenoxy) is 1. The summed E-state index contributed by atoms with van der Waals surface area (Å²) in [6.45, 7) is 2.89. The molecule has 3 rings (SSSR count). The maximum absolute atomic E-state index is 13.0. The SMILES string of the molecule is CCCOc1cccc(C(=O)N2Cc3ccccc3CC2C(=O)O)c1. The number of hydrogen-bond acceptors (Lipinski definition) is 3. The molecule has 2 aromatic rings. The van der Waals surface area contributed by atoms with E-state index in [1.165, 1.54) is 4.90 Å². The molecule has 130 valence electrons. The molecule has 1 heterocycles. The van der Waals surface area contributed by atoms with Crippen molar-refractivity contribution in [2.24, 2.45) is 0 Å². The van der Waals surface area contributed by atoms with Crippen LogP contribution in [0.5, 0.6) is 5.75 Å². The molecule has 0 spiro atoms. The van der Waals surface area contributed by atoms with Crippen LogP contribution in [-0.2, 0) is 17.8 Å². The number of carboxylic acids is 1. The van der Waals surface area contributed by atoms with Gasteiger partial charge in [-0.05, 0) is 35.7 Å². The molecular weight excluding hydrogens is 318 g/mol. The van der Waals surface area contributed by atoms with Crippen molar-refractivity contribution in [1.29, 1.82) is 0 Å². The Morgan fingerprint density at radius 2 is 1.92 bits per heavy atom. The number of rotatable bonds is 5. The van der Waals surface area contributed by atoms with E-state index in [2.05, 4.69) is 0 Å². The van der Waals surface area contributed by atoms with Crippen molar-refractivity contribution in [3.8, 4) is 5.75 Å². The van der Waals surface area contributed by atoms with E-state index in [1.54, 1.807) is 24.3 Å². The topological polar surface area (TPSA) is 66.8 Å². The Morgan fingerprint density at radius 1 is 1.16 bits per heavy atom. The second-order valence-electron chi connectivity index (χ2n) is 6.14. The fourth-order valence-corrected chi connectivity index (χ4v) is 3.06. The minimum atomic E-state index is -0.985. The molecule has 1 aliphatic heterocycles. The molecule has 0 fully saturated rings. The largest absolute Gasteiger partial charge is 0.494 e. The van der Waals surface area contributed by atoms with Gasteiger partial charge in [0.15, 0.2) is 0 Å². The van der Waals surface area contributed by atoms with E-state index in [1.807, 2.05) is 31.2 Å². The highest BCUT2D eigenvalue weighted by atomic mass is 16.5. The van der Waals surface area contributed by atoms with Gasteiger partial charge in [-0.2, -0.15) is 0 Å². The van der Waals surface area contributed by atoms with Gasteiger partial charge in [0.25, 0.3) is 5.91 Å². The van der Waals surface area contributed by atoms with E-state index in [0.29, 0.717) is 30.9 Å². The minimum absolute atomic E-state index is 0.288. The third-order valence-electron chi connectivity index (χ3n) is 4.35. The second-order valence-corrected chi connectivity index (χ2v) is 6.14. The van der Waals surface area contributed by atoms with E-state index >= 15 is 0 Å². The molecule has 0 aliphatic carbocycles. The van der Waals surface area contributed by atoms with Crippen LogP contribution < -0.4 is 4.74 Å². The van der Waals surface area contributed by atoms with Crippen LogP contribution in [-0.4, -0.2) is 34.5 Å². The van der Waals surface area contributed by atoms with E-state index in [-0.39, 0.29) is 5.91 Å². The van der Waals surface area contributed by atoms with Crippen molar-refractivity contribution in [1.82, 2.24) is 4.90 Å². The van der Waals surface area contributed by atoms with Crippen LogP contribution in [0.1, 0.15) is 34.8 Å². The second kappa shape index (κ2) is 7.38. The molecule has 1 amide bonds. The van der Waals surface area contributed by atoms with Gasteiger partial charge < -0.3 is 14.7 Å². The van der Waals surface area contributed by atoms with Crippen molar-refractivity contribution in [3.63, 3.8) is 0 Å². The van der Waals surface area contributed by atoms with Gasteiger partial charge in [-0.25, -0.2) is 4.79 Å². The Balaban J connectivity index is 1.88. The lowest BCUT2D eigenvalue weighted by Crippen LogP contribution is -2.48. The summed E-state index contributed by atoms with van der Waals surface area (Å²) in [5.41, 5.74) is 2.42. The number of carbonyl (C=O) groups excluding carboxylic acids is 1. The summed E-state index contributed by atoms with van der Waals surface area (Å²) in [5, 5.41) is 9.58. The van der Waals surface area contributed by atoms with Crippen LogP contribution in [0, 0.1) is 0 Å². The lowest BCUT2D eigenvalue weighted by Gasteiger charge is -2.34. The minimum Gasteiger partial charge on any atom is -0.494 e. The number of fused-ring (bicyclic) bond motifs is 1. The van der Waals surface area contributed by atoms with Gasteiger partial charge >= 0.3 is 5.97 Å². The molecule has 0 saturated heterocycles. The smallest absolute Gasteiger partial charge is 0.326 e.